The number of carbonyl (C=O) groups is 1. The van der Waals surface area contributed by atoms with Crippen molar-refractivity contribution in [1.29, 1.82) is 0 Å². The van der Waals surface area contributed by atoms with E-state index in [4.69, 9.17) is 17.0 Å². The summed E-state index contributed by atoms with van der Waals surface area (Å²) in [5.41, 5.74) is 4.83. The highest BCUT2D eigenvalue weighted by molar-refractivity contribution is 7.80. The fourth-order valence-electron chi connectivity index (χ4n) is 2.86. The van der Waals surface area contributed by atoms with Gasteiger partial charge in [-0.25, -0.2) is 0 Å². The molecular weight excluding hydrogens is 380 g/mol. The van der Waals surface area contributed by atoms with Crippen molar-refractivity contribution in [2.24, 2.45) is 0 Å². The Balaban J connectivity index is 1.60. The molecule has 0 heterocycles. The van der Waals surface area contributed by atoms with Crippen molar-refractivity contribution in [3.8, 4) is 5.75 Å². The molecular formula is C24H24N2O2S. The predicted molar refractivity (Wildman–Crippen MR) is 122 cm³/mol. The minimum atomic E-state index is -0.304. The van der Waals surface area contributed by atoms with Gasteiger partial charge in [0.25, 0.3) is 5.91 Å². The zero-order valence-electron chi connectivity index (χ0n) is 16.6. The van der Waals surface area contributed by atoms with E-state index in [0.29, 0.717) is 17.9 Å². The Morgan fingerprint density at radius 3 is 2.41 bits per heavy atom. The molecule has 0 aliphatic rings. The second kappa shape index (κ2) is 9.85. The van der Waals surface area contributed by atoms with Crippen molar-refractivity contribution in [1.82, 2.24) is 5.32 Å². The monoisotopic (exact) mass is 404 g/mol. The van der Waals surface area contributed by atoms with Crippen LogP contribution in [0.25, 0.3) is 0 Å². The smallest absolute Gasteiger partial charge is 0.261 e. The number of ether oxygens (including phenoxy) is 1. The zero-order valence-corrected chi connectivity index (χ0v) is 17.4. The topological polar surface area (TPSA) is 50.4 Å². The zero-order chi connectivity index (χ0) is 20.6. The van der Waals surface area contributed by atoms with Crippen LogP contribution in [0.5, 0.6) is 5.75 Å². The third-order valence-corrected chi connectivity index (χ3v) is 4.82. The van der Waals surface area contributed by atoms with Crippen LogP contribution in [0, 0.1) is 13.8 Å². The molecule has 2 N–H and O–H groups in total. The minimum Gasteiger partial charge on any atom is -0.492 e. The number of anilines is 1. The van der Waals surface area contributed by atoms with E-state index in [0.717, 1.165) is 17.7 Å². The number of hydrogen-bond acceptors (Lipinski definition) is 3. The van der Waals surface area contributed by atoms with Gasteiger partial charge in [0, 0.05) is 12.1 Å². The molecule has 0 fully saturated rings. The SMILES string of the molecule is Cc1ccc(NC(=S)NC(=O)c2ccccc2OCCc2ccccc2)cc1C. The Bertz CT molecular complexity index is 1000. The van der Waals surface area contributed by atoms with E-state index >= 15 is 0 Å². The fraction of sp³-hybridized carbons (Fsp3) is 0.167. The lowest BCUT2D eigenvalue weighted by atomic mass is 10.1. The number of carbonyl (C=O) groups excluding carboxylic acids is 1. The molecule has 29 heavy (non-hydrogen) atoms. The first-order valence-electron chi connectivity index (χ1n) is 9.48. The maximum atomic E-state index is 12.7. The number of amides is 1. The molecule has 0 atom stereocenters. The van der Waals surface area contributed by atoms with Crippen molar-refractivity contribution >= 4 is 28.9 Å². The Morgan fingerprint density at radius 2 is 1.66 bits per heavy atom. The van der Waals surface area contributed by atoms with E-state index in [-0.39, 0.29) is 11.0 Å². The molecule has 1 amide bonds. The molecule has 148 valence electrons. The molecule has 3 aromatic rings. The van der Waals surface area contributed by atoms with Crippen LogP contribution in [-0.2, 0) is 6.42 Å². The molecule has 3 aromatic carbocycles. The van der Waals surface area contributed by atoms with Crippen molar-refractivity contribution in [2.45, 2.75) is 20.3 Å². The van der Waals surface area contributed by atoms with Gasteiger partial charge in [0.2, 0.25) is 0 Å². The molecule has 3 rings (SSSR count). The molecule has 0 saturated carbocycles. The summed E-state index contributed by atoms with van der Waals surface area (Å²) >= 11 is 5.30. The van der Waals surface area contributed by atoms with Crippen LogP contribution in [0.2, 0.25) is 0 Å². The lowest BCUT2D eigenvalue weighted by Gasteiger charge is -2.13. The summed E-state index contributed by atoms with van der Waals surface area (Å²) in [5, 5.41) is 6.03. The van der Waals surface area contributed by atoms with Crippen molar-refractivity contribution < 1.29 is 9.53 Å². The highest BCUT2D eigenvalue weighted by Gasteiger charge is 2.14. The number of rotatable bonds is 6. The maximum absolute atomic E-state index is 12.7. The number of para-hydroxylation sites is 1. The lowest BCUT2D eigenvalue weighted by Crippen LogP contribution is -2.34. The van der Waals surface area contributed by atoms with Crippen molar-refractivity contribution in [3.63, 3.8) is 0 Å². The third-order valence-electron chi connectivity index (χ3n) is 4.61. The van der Waals surface area contributed by atoms with Gasteiger partial charge in [-0.05, 0) is 67.0 Å². The molecule has 5 heteroatoms. The first kappa shape index (κ1) is 20.6. The minimum absolute atomic E-state index is 0.248. The van der Waals surface area contributed by atoms with Gasteiger partial charge in [0.05, 0.1) is 12.2 Å². The third kappa shape index (κ3) is 5.90. The van der Waals surface area contributed by atoms with Gasteiger partial charge in [0.15, 0.2) is 5.11 Å². The number of aryl methyl sites for hydroxylation is 2. The molecule has 0 aliphatic heterocycles. The number of hydrogen-bond donors (Lipinski definition) is 2. The number of benzene rings is 3. The molecule has 4 nitrogen and oxygen atoms in total. The van der Waals surface area contributed by atoms with Gasteiger partial charge >= 0.3 is 0 Å². The lowest BCUT2D eigenvalue weighted by molar-refractivity contribution is 0.0974. The summed E-state index contributed by atoms with van der Waals surface area (Å²) in [6.07, 6.45) is 0.767. The number of nitrogens with one attached hydrogen (secondary N) is 2. The summed E-state index contributed by atoms with van der Waals surface area (Å²) in [6.45, 7) is 4.57. The van der Waals surface area contributed by atoms with E-state index in [9.17, 15) is 4.79 Å². The summed E-state index contributed by atoms with van der Waals surface area (Å²) in [7, 11) is 0. The summed E-state index contributed by atoms with van der Waals surface area (Å²) in [6, 6.07) is 23.2. The van der Waals surface area contributed by atoms with Crippen LogP contribution in [-0.4, -0.2) is 17.6 Å². The Morgan fingerprint density at radius 1 is 0.931 bits per heavy atom. The molecule has 0 spiro atoms. The second-order valence-electron chi connectivity index (χ2n) is 6.79. The average molecular weight is 405 g/mol. The largest absolute Gasteiger partial charge is 0.492 e. The summed E-state index contributed by atoms with van der Waals surface area (Å²) < 4.78 is 5.87. The maximum Gasteiger partial charge on any atom is 0.261 e. The Labute approximate surface area is 176 Å². The standard InChI is InChI=1S/C24H24N2O2S/c1-17-12-13-20(16-18(17)2)25-24(29)26-23(27)21-10-6-7-11-22(21)28-15-14-19-8-4-3-5-9-19/h3-13,16H,14-15H2,1-2H3,(H2,25,26,27,29). The fourth-order valence-corrected chi connectivity index (χ4v) is 3.07. The summed E-state index contributed by atoms with van der Waals surface area (Å²) in [4.78, 5) is 12.7. The van der Waals surface area contributed by atoms with Crippen LogP contribution in [0.1, 0.15) is 27.0 Å². The van der Waals surface area contributed by atoms with Crippen LogP contribution >= 0.6 is 12.2 Å². The van der Waals surface area contributed by atoms with Crippen molar-refractivity contribution in [2.75, 3.05) is 11.9 Å². The van der Waals surface area contributed by atoms with Gasteiger partial charge < -0.3 is 10.1 Å². The van der Waals surface area contributed by atoms with E-state index in [1.165, 1.54) is 11.1 Å². The average Bonchev–Trinajstić information content (AvgIpc) is 2.72. The van der Waals surface area contributed by atoms with Gasteiger partial charge in [0.1, 0.15) is 5.75 Å². The van der Waals surface area contributed by atoms with E-state index in [2.05, 4.69) is 22.8 Å². The number of thiocarbonyl (C=S) groups is 1. The molecule has 0 saturated heterocycles. The Hall–Kier alpha value is -3.18. The van der Waals surface area contributed by atoms with Crippen LogP contribution in [0.15, 0.2) is 72.8 Å². The van der Waals surface area contributed by atoms with Crippen LogP contribution < -0.4 is 15.4 Å². The molecule has 0 aromatic heterocycles. The van der Waals surface area contributed by atoms with Gasteiger partial charge in [-0.3, -0.25) is 10.1 Å². The van der Waals surface area contributed by atoms with Crippen LogP contribution in [0.4, 0.5) is 5.69 Å². The summed E-state index contributed by atoms with van der Waals surface area (Å²) in [5.74, 6) is 0.233. The molecule has 0 aliphatic carbocycles. The highest BCUT2D eigenvalue weighted by Crippen LogP contribution is 2.19. The van der Waals surface area contributed by atoms with E-state index in [1.54, 1.807) is 18.2 Å². The van der Waals surface area contributed by atoms with Crippen molar-refractivity contribution in [3.05, 3.63) is 95.1 Å². The van der Waals surface area contributed by atoms with E-state index in [1.807, 2.05) is 56.3 Å². The quantitative estimate of drug-likeness (QED) is 0.565. The Kier molecular flexibility index (Phi) is 6.98. The highest BCUT2D eigenvalue weighted by atomic mass is 32.1. The normalized spacial score (nSPS) is 10.3. The van der Waals surface area contributed by atoms with Gasteiger partial charge in [-0.15, -0.1) is 0 Å². The first-order valence-corrected chi connectivity index (χ1v) is 9.89. The first-order chi connectivity index (χ1) is 14.0. The molecule has 0 unspecified atom stereocenters. The van der Waals surface area contributed by atoms with Gasteiger partial charge in [-0.1, -0.05) is 48.5 Å². The predicted octanol–water partition coefficient (Wildman–Crippen LogP) is 5.05. The van der Waals surface area contributed by atoms with Gasteiger partial charge in [-0.2, -0.15) is 0 Å². The van der Waals surface area contributed by atoms with E-state index < -0.39 is 0 Å². The molecule has 0 bridgehead atoms. The molecule has 0 radical (unpaired) electrons. The second-order valence-corrected chi connectivity index (χ2v) is 7.20. The van der Waals surface area contributed by atoms with Crippen LogP contribution in [0.3, 0.4) is 0 Å².